The van der Waals surface area contributed by atoms with Crippen molar-refractivity contribution in [3.05, 3.63) is 18.2 Å². The van der Waals surface area contributed by atoms with Gasteiger partial charge in [0.2, 0.25) is 0 Å². The molecule has 1 aromatic heterocycles. The van der Waals surface area contributed by atoms with Gasteiger partial charge in [-0.3, -0.25) is 0 Å². The molecular weight excluding hydrogens is 242 g/mol. The molecule has 1 aromatic rings. The molecule has 5 nitrogen and oxygen atoms in total. The summed E-state index contributed by atoms with van der Waals surface area (Å²) < 4.78 is 7.56. The monoisotopic (exact) mass is 267 g/mol. The largest absolute Gasteiger partial charge is 0.390 e. The van der Waals surface area contributed by atoms with E-state index in [-0.39, 0.29) is 6.04 Å². The van der Waals surface area contributed by atoms with Crippen molar-refractivity contribution in [1.82, 2.24) is 14.9 Å². The van der Waals surface area contributed by atoms with Gasteiger partial charge in [-0.05, 0) is 19.8 Å². The van der Waals surface area contributed by atoms with Crippen LogP contribution in [0.25, 0.3) is 0 Å². The highest BCUT2D eigenvalue weighted by Gasteiger charge is 2.28. The number of aromatic nitrogens is 2. The molecular formula is C14H25N3O2. The van der Waals surface area contributed by atoms with Crippen molar-refractivity contribution in [3.63, 3.8) is 0 Å². The highest BCUT2D eigenvalue weighted by atomic mass is 16.5. The Labute approximate surface area is 115 Å². The van der Waals surface area contributed by atoms with Crippen LogP contribution in [-0.2, 0) is 17.7 Å². The first-order chi connectivity index (χ1) is 9.11. The summed E-state index contributed by atoms with van der Waals surface area (Å²) in [4.78, 5) is 4.36. The van der Waals surface area contributed by atoms with Gasteiger partial charge in [-0.1, -0.05) is 6.92 Å². The molecule has 2 N–H and O–H groups in total. The third-order valence-electron chi connectivity index (χ3n) is 3.49. The number of imidazole rings is 1. The zero-order chi connectivity index (χ0) is 13.7. The summed E-state index contributed by atoms with van der Waals surface area (Å²) in [5.41, 5.74) is -0.755. The van der Waals surface area contributed by atoms with Crippen LogP contribution in [0.3, 0.4) is 0 Å². The molecule has 0 bridgehead atoms. The van der Waals surface area contributed by atoms with E-state index in [1.807, 2.05) is 19.3 Å². The smallest absolute Gasteiger partial charge is 0.111 e. The van der Waals surface area contributed by atoms with E-state index in [0.717, 1.165) is 31.9 Å². The minimum atomic E-state index is -0.755. The molecule has 0 aliphatic carbocycles. The number of aryl methyl sites for hydroxylation is 1. The van der Waals surface area contributed by atoms with Crippen LogP contribution in [-0.4, -0.2) is 46.1 Å². The minimum absolute atomic E-state index is 0.235. The SMILES string of the molecule is CCCn1ccnc1CC(C)(O)CC1COCCN1. The Bertz CT molecular complexity index is 384. The van der Waals surface area contributed by atoms with E-state index in [9.17, 15) is 5.11 Å². The predicted octanol–water partition coefficient (Wildman–Crippen LogP) is 0.965. The molecule has 0 aromatic carbocycles. The Morgan fingerprint density at radius 2 is 2.47 bits per heavy atom. The molecule has 108 valence electrons. The quantitative estimate of drug-likeness (QED) is 0.806. The molecule has 0 spiro atoms. The van der Waals surface area contributed by atoms with Crippen molar-refractivity contribution in [2.75, 3.05) is 19.8 Å². The normalized spacial score (nSPS) is 23.2. The van der Waals surface area contributed by atoms with E-state index in [1.54, 1.807) is 0 Å². The number of ether oxygens (including phenoxy) is 1. The van der Waals surface area contributed by atoms with Gasteiger partial charge in [-0.15, -0.1) is 0 Å². The molecule has 0 saturated carbocycles. The van der Waals surface area contributed by atoms with E-state index in [4.69, 9.17) is 4.74 Å². The highest BCUT2D eigenvalue weighted by Crippen LogP contribution is 2.19. The van der Waals surface area contributed by atoms with Crippen LogP contribution in [0.5, 0.6) is 0 Å². The van der Waals surface area contributed by atoms with E-state index >= 15 is 0 Å². The van der Waals surface area contributed by atoms with Gasteiger partial charge in [0, 0.05) is 37.9 Å². The maximum atomic E-state index is 10.6. The van der Waals surface area contributed by atoms with Gasteiger partial charge in [0.05, 0.1) is 18.8 Å². The summed E-state index contributed by atoms with van der Waals surface area (Å²) in [7, 11) is 0. The lowest BCUT2D eigenvalue weighted by Gasteiger charge is -2.31. The molecule has 19 heavy (non-hydrogen) atoms. The number of hydrogen-bond donors (Lipinski definition) is 2. The Hall–Kier alpha value is -0.910. The summed E-state index contributed by atoms with van der Waals surface area (Å²) in [6.45, 7) is 7.29. The fraction of sp³-hybridized carbons (Fsp3) is 0.786. The fourth-order valence-corrected chi connectivity index (χ4v) is 2.65. The summed E-state index contributed by atoms with van der Waals surface area (Å²) in [6, 6.07) is 0.235. The Morgan fingerprint density at radius 3 is 3.16 bits per heavy atom. The van der Waals surface area contributed by atoms with Crippen molar-refractivity contribution in [1.29, 1.82) is 0 Å². The second-order valence-electron chi connectivity index (χ2n) is 5.64. The van der Waals surface area contributed by atoms with E-state index in [1.165, 1.54) is 0 Å². The summed E-state index contributed by atoms with van der Waals surface area (Å²) >= 11 is 0. The third-order valence-corrected chi connectivity index (χ3v) is 3.49. The van der Waals surface area contributed by atoms with Crippen molar-refractivity contribution in [3.8, 4) is 0 Å². The van der Waals surface area contributed by atoms with E-state index < -0.39 is 5.60 Å². The summed E-state index contributed by atoms with van der Waals surface area (Å²) in [5.74, 6) is 0.962. The number of nitrogens with zero attached hydrogens (tertiary/aromatic N) is 2. The van der Waals surface area contributed by atoms with Crippen molar-refractivity contribution < 1.29 is 9.84 Å². The Morgan fingerprint density at radius 1 is 1.63 bits per heavy atom. The van der Waals surface area contributed by atoms with Gasteiger partial charge in [0.25, 0.3) is 0 Å². The molecule has 1 fully saturated rings. The van der Waals surface area contributed by atoms with Crippen LogP contribution in [0.2, 0.25) is 0 Å². The van der Waals surface area contributed by atoms with Gasteiger partial charge in [-0.2, -0.15) is 0 Å². The van der Waals surface area contributed by atoms with E-state index in [2.05, 4.69) is 21.8 Å². The molecule has 5 heteroatoms. The molecule has 0 amide bonds. The van der Waals surface area contributed by atoms with Crippen molar-refractivity contribution >= 4 is 0 Å². The summed E-state index contributed by atoms with van der Waals surface area (Å²) in [6.07, 6.45) is 6.13. The van der Waals surface area contributed by atoms with Crippen molar-refractivity contribution in [2.24, 2.45) is 0 Å². The maximum absolute atomic E-state index is 10.6. The van der Waals surface area contributed by atoms with Crippen LogP contribution in [0, 0.1) is 0 Å². The first kappa shape index (κ1) is 14.5. The lowest BCUT2D eigenvalue weighted by molar-refractivity contribution is 0.00492. The van der Waals surface area contributed by atoms with Gasteiger partial charge < -0.3 is 19.7 Å². The lowest BCUT2D eigenvalue weighted by atomic mass is 9.93. The molecule has 2 atom stereocenters. The van der Waals surface area contributed by atoms with Crippen LogP contribution in [0.15, 0.2) is 12.4 Å². The number of nitrogens with one attached hydrogen (secondary N) is 1. The molecule has 0 radical (unpaired) electrons. The summed E-state index contributed by atoms with van der Waals surface area (Å²) in [5, 5.41) is 14.0. The van der Waals surface area contributed by atoms with Crippen LogP contribution < -0.4 is 5.32 Å². The van der Waals surface area contributed by atoms with Crippen LogP contribution in [0.4, 0.5) is 0 Å². The van der Waals surface area contributed by atoms with Gasteiger partial charge in [0.15, 0.2) is 0 Å². The number of rotatable bonds is 6. The standard InChI is InChI=1S/C14H25N3O2/c1-3-6-17-7-4-16-13(17)10-14(2,18)9-12-11-19-8-5-15-12/h4,7,12,15,18H,3,5-6,8-11H2,1-2H3. The average Bonchev–Trinajstić information content (AvgIpc) is 2.77. The maximum Gasteiger partial charge on any atom is 0.111 e. The Kier molecular flexibility index (Phi) is 4.96. The first-order valence-corrected chi connectivity index (χ1v) is 7.14. The predicted molar refractivity (Wildman–Crippen MR) is 74.1 cm³/mol. The Balaban J connectivity index is 1.93. The molecule has 2 unspecified atom stereocenters. The topological polar surface area (TPSA) is 59.3 Å². The molecule has 1 aliphatic heterocycles. The van der Waals surface area contributed by atoms with Crippen LogP contribution >= 0.6 is 0 Å². The zero-order valence-corrected chi connectivity index (χ0v) is 11.9. The first-order valence-electron chi connectivity index (χ1n) is 7.14. The van der Waals surface area contributed by atoms with Gasteiger partial charge in [0.1, 0.15) is 5.82 Å². The van der Waals surface area contributed by atoms with Crippen LogP contribution in [0.1, 0.15) is 32.5 Å². The molecule has 1 aliphatic rings. The molecule has 2 rings (SSSR count). The van der Waals surface area contributed by atoms with E-state index in [0.29, 0.717) is 19.4 Å². The van der Waals surface area contributed by atoms with Gasteiger partial charge >= 0.3 is 0 Å². The lowest BCUT2D eigenvalue weighted by Crippen LogP contribution is -2.46. The second kappa shape index (κ2) is 6.50. The number of hydrogen-bond acceptors (Lipinski definition) is 4. The number of aliphatic hydroxyl groups is 1. The number of morpholine rings is 1. The molecule has 1 saturated heterocycles. The highest BCUT2D eigenvalue weighted by molar-refractivity contribution is 4.99. The second-order valence-corrected chi connectivity index (χ2v) is 5.64. The minimum Gasteiger partial charge on any atom is -0.390 e. The van der Waals surface area contributed by atoms with Crippen molar-refractivity contribution in [2.45, 2.75) is 51.3 Å². The fourth-order valence-electron chi connectivity index (χ4n) is 2.65. The van der Waals surface area contributed by atoms with Gasteiger partial charge in [-0.25, -0.2) is 4.98 Å². The average molecular weight is 267 g/mol. The molecule has 2 heterocycles. The third kappa shape index (κ3) is 4.30. The zero-order valence-electron chi connectivity index (χ0n) is 11.9.